The minimum atomic E-state index is -4.08. The van der Waals surface area contributed by atoms with Crippen LogP contribution >= 0.6 is 0 Å². The smallest absolute Gasteiger partial charge is 0.244 e. The third-order valence-electron chi connectivity index (χ3n) is 3.51. The van der Waals surface area contributed by atoms with Crippen LogP contribution in [0.5, 0.6) is 0 Å². The zero-order valence-corrected chi connectivity index (χ0v) is 13.4. The molecule has 2 N–H and O–H groups in total. The molecule has 1 fully saturated rings. The molecule has 0 bridgehead atoms. The molecule has 1 amide bonds. The van der Waals surface area contributed by atoms with E-state index in [2.05, 4.69) is 10.0 Å². The molecule has 1 heterocycles. The molecule has 0 radical (unpaired) electrons. The van der Waals surface area contributed by atoms with Gasteiger partial charge < -0.3 is 10.2 Å². The normalized spacial score (nSPS) is 20.7. The molecule has 0 aromatic heterocycles. The first kappa shape index (κ1) is 16.9. The zero-order chi connectivity index (χ0) is 16.3. The van der Waals surface area contributed by atoms with E-state index in [-0.39, 0.29) is 11.9 Å². The maximum absolute atomic E-state index is 13.6. The van der Waals surface area contributed by atoms with E-state index in [0.717, 1.165) is 6.07 Å². The molecule has 0 saturated carbocycles. The van der Waals surface area contributed by atoms with Gasteiger partial charge in [-0.3, -0.25) is 4.79 Å². The van der Waals surface area contributed by atoms with Gasteiger partial charge in [-0.25, -0.2) is 12.8 Å². The van der Waals surface area contributed by atoms with E-state index in [1.807, 2.05) is 6.92 Å². The Bertz CT molecular complexity index is 650. The zero-order valence-electron chi connectivity index (χ0n) is 12.5. The lowest BCUT2D eigenvalue weighted by Crippen LogP contribution is -2.55. The van der Waals surface area contributed by atoms with Crippen molar-refractivity contribution in [1.82, 2.24) is 14.9 Å². The second-order valence-corrected chi connectivity index (χ2v) is 7.10. The average Bonchev–Trinajstić information content (AvgIpc) is 2.46. The van der Waals surface area contributed by atoms with Crippen LogP contribution in [-0.2, 0) is 14.8 Å². The van der Waals surface area contributed by atoms with E-state index < -0.39 is 26.8 Å². The number of nitrogens with one attached hydrogen (secondary N) is 2. The van der Waals surface area contributed by atoms with Crippen molar-refractivity contribution in [2.24, 2.45) is 0 Å². The Hall–Kier alpha value is -1.51. The minimum Gasteiger partial charge on any atom is -0.338 e. The predicted octanol–water partition coefficient (Wildman–Crippen LogP) is 0.313. The maximum Gasteiger partial charge on any atom is 0.244 e. The molecule has 1 saturated heterocycles. The molecule has 1 aromatic rings. The highest BCUT2D eigenvalue weighted by Crippen LogP contribution is 2.14. The summed E-state index contributed by atoms with van der Waals surface area (Å²) < 4.78 is 40.2. The first-order valence-electron chi connectivity index (χ1n) is 7.10. The number of amides is 1. The molecule has 2 unspecified atom stereocenters. The summed E-state index contributed by atoms with van der Waals surface area (Å²) in [4.78, 5) is 13.5. The fourth-order valence-electron chi connectivity index (χ4n) is 2.42. The Kier molecular flexibility index (Phi) is 5.15. The van der Waals surface area contributed by atoms with Crippen molar-refractivity contribution >= 4 is 15.9 Å². The summed E-state index contributed by atoms with van der Waals surface area (Å²) in [5.41, 5.74) is 0. The van der Waals surface area contributed by atoms with E-state index in [1.165, 1.54) is 25.1 Å². The lowest BCUT2D eigenvalue weighted by Gasteiger charge is -2.33. The third-order valence-corrected chi connectivity index (χ3v) is 5.08. The van der Waals surface area contributed by atoms with Gasteiger partial charge in [0, 0.05) is 25.7 Å². The van der Waals surface area contributed by atoms with Crippen molar-refractivity contribution in [2.75, 3.05) is 19.6 Å². The Morgan fingerprint density at radius 3 is 2.77 bits per heavy atom. The SMILES string of the molecule is CC1CN(C(=O)C(C)NS(=O)(=O)c2ccccc2F)CCN1. The molecule has 1 aliphatic heterocycles. The van der Waals surface area contributed by atoms with E-state index in [1.54, 1.807) is 4.90 Å². The third kappa shape index (κ3) is 3.82. The molecule has 2 rings (SSSR count). The molecule has 6 nitrogen and oxygen atoms in total. The fraction of sp³-hybridized carbons (Fsp3) is 0.500. The second-order valence-electron chi connectivity index (χ2n) is 5.41. The number of nitrogens with zero attached hydrogens (tertiary/aromatic N) is 1. The van der Waals surface area contributed by atoms with Gasteiger partial charge in [0.2, 0.25) is 15.9 Å². The van der Waals surface area contributed by atoms with Crippen LogP contribution in [0.4, 0.5) is 4.39 Å². The molecule has 122 valence electrons. The predicted molar refractivity (Wildman–Crippen MR) is 80.2 cm³/mol. The Balaban J connectivity index is 2.09. The number of carbonyl (C=O) groups is 1. The van der Waals surface area contributed by atoms with Crippen LogP contribution in [0.25, 0.3) is 0 Å². The lowest BCUT2D eigenvalue weighted by molar-refractivity contribution is -0.133. The first-order valence-corrected chi connectivity index (χ1v) is 8.58. The number of sulfonamides is 1. The van der Waals surface area contributed by atoms with Crippen molar-refractivity contribution in [3.63, 3.8) is 0 Å². The summed E-state index contributed by atoms with van der Waals surface area (Å²) in [5.74, 6) is -1.15. The number of hydrogen-bond donors (Lipinski definition) is 2. The number of carbonyl (C=O) groups excluding carboxylic acids is 1. The number of hydrogen-bond acceptors (Lipinski definition) is 4. The van der Waals surface area contributed by atoms with Crippen LogP contribution in [0.1, 0.15) is 13.8 Å². The van der Waals surface area contributed by atoms with Gasteiger partial charge in [-0.15, -0.1) is 0 Å². The summed E-state index contributed by atoms with van der Waals surface area (Å²) in [5, 5.41) is 3.21. The summed E-state index contributed by atoms with van der Waals surface area (Å²) in [6, 6.07) is 4.29. The van der Waals surface area contributed by atoms with Crippen molar-refractivity contribution < 1.29 is 17.6 Å². The van der Waals surface area contributed by atoms with Crippen molar-refractivity contribution in [1.29, 1.82) is 0 Å². The fourth-order valence-corrected chi connectivity index (χ4v) is 3.69. The van der Waals surface area contributed by atoms with Crippen LogP contribution < -0.4 is 10.0 Å². The summed E-state index contributed by atoms with van der Waals surface area (Å²) in [7, 11) is -4.08. The highest BCUT2D eigenvalue weighted by atomic mass is 32.2. The maximum atomic E-state index is 13.6. The van der Waals surface area contributed by atoms with Gasteiger partial charge in [0.25, 0.3) is 0 Å². The summed E-state index contributed by atoms with van der Waals surface area (Å²) in [6.45, 7) is 5.13. The van der Waals surface area contributed by atoms with Crippen LogP contribution in [0.2, 0.25) is 0 Å². The van der Waals surface area contributed by atoms with Gasteiger partial charge in [-0.2, -0.15) is 4.72 Å². The van der Waals surface area contributed by atoms with Gasteiger partial charge in [0.1, 0.15) is 10.7 Å². The molecular weight excluding hydrogens is 309 g/mol. The van der Waals surface area contributed by atoms with E-state index in [4.69, 9.17) is 0 Å². The summed E-state index contributed by atoms with van der Waals surface area (Å²) >= 11 is 0. The van der Waals surface area contributed by atoms with Crippen LogP contribution in [0, 0.1) is 5.82 Å². The van der Waals surface area contributed by atoms with Crippen molar-refractivity contribution in [3.05, 3.63) is 30.1 Å². The van der Waals surface area contributed by atoms with Crippen molar-refractivity contribution in [3.8, 4) is 0 Å². The van der Waals surface area contributed by atoms with Crippen LogP contribution in [0.15, 0.2) is 29.2 Å². The quantitative estimate of drug-likeness (QED) is 0.833. The van der Waals surface area contributed by atoms with Gasteiger partial charge in [-0.1, -0.05) is 12.1 Å². The largest absolute Gasteiger partial charge is 0.338 e. The molecule has 0 spiro atoms. The second kappa shape index (κ2) is 6.72. The molecule has 2 atom stereocenters. The Labute approximate surface area is 129 Å². The highest BCUT2D eigenvalue weighted by Gasteiger charge is 2.29. The molecule has 1 aromatic carbocycles. The first-order chi connectivity index (χ1) is 10.3. The minimum absolute atomic E-state index is 0.160. The molecule has 8 heteroatoms. The van der Waals surface area contributed by atoms with Crippen LogP contribution in [0.3, 0.4) is 0 Å². The van der Waals surface area contributed by atoms with Gasteiger partial charge in [-0.05, 0) is 26.0 Å². The van der Waals surface area contributed by atoms with E-state index in [0.29, 0.717) is 19.6 Å². The Morgan fingerprint density at radius 2 is 2.14 bits per heavy atom. The van der Waals surface area contributed by atoms with Gasteiger partial charge >= 0.3 is 0 Å². The number of halogens is 1. The molecule has 1 aliphatic rings. The number of benzene rings is 1. The molecule has 22 heavy (non-hydrogen) atoms. The number of piperazine rings is 1. The highest BCUT2D eigenvalue weighted by molar-refractivity contribution is 7.89. The average molecular weight is 329 g/mol. The van der Waals surface area contributed by atoms with Gasteiger partial charge in [0.05, 0.1) is 6.04 Å². The lowest BCUT2D eigenvalue weighted by atomic mass is 10.2. The summed E-state index contributed by atoms with van der Waals surface area (Å²) in [6.07, 6.45) is 0. The molecular formula is C14H20FN3O3S. The number of rotatable bonds is 4. The van der Waals surface area contributed by atoms with Crippen LogP contribution in [-0.4, -0.2) is 50.9 Å². The van der Waals surface area contributed by atoms with E-state index >= 15 is 0 Å². The van der Waals surface area contributed by atoms with E-state index in [9.17, 15) is 17.6 Å². The van der Waals surface area contributed by atoms with Gasteiger partial charge in [0.15, 0.2) is 0 Å². The molecule has 0 aliphatic carbocycles. The Morgan fingerprint density at radius 1 is 1.45 bits per heavy atom. The van der Waals surface area contributed by atoms with Crippen molar-refractivity contribution in [2.45, 2.75) is 30.8 Å². The topological polar surface area (TPSA) is 78.5 Å². The monoisotopic (exact) mass is 329 g/mol. The standard InChI is InChI=1S/C14H20FN3O3S/c1-10-9-18(8-7-16-10)14(19)11(2)17-22(20,21)13-6-4-3-5-12(13)15/h3-6,10-11,16-17H,7-9H2,1-2H3.